The molecule has 0 radical (unpaired) electrons. The zero-order valence-corrected chi connectivity index (χ0v) is 17.6. The lowest BCUT2D eigenvalue weighted by Crippen LogP contribution is -2.43. The number of rotatable bonds is 8. The zero-order valence-electron chi connectivity index (χ0n) is 17.6. The van der Waals surface area contributed by atoms with Gasteiger partial charge in [0, 0.05) is 38.0 Å². The first-order chi connectivity index (χ1) is 13.4. The van der Waals surface area contributed by atoms with Gasteiger partial charge in [-0.05, 0) is 32.9 Å². The number of aryl methyl sites for hydroxylation is 1. The normalized spacial score (nSPS) is 21.1. The van der Waals surface area contributed by atoms with Gasteiger partial charge in [0.2, 0.25) is 0 Å². The molecule has 3 heterocycles. The second-order valence-electron chi connectivity index (χ2n) is 8.07. The molecule has 154 valence electrons. The van der Waals surface area contributed by atoms with Gasteiger partial charge in [-0.2, -0.15) is 5.10 Å². The number of anilines is 2. The molecule has 8 heteroatoms. The lowest BCUT2D eigenvalue weighted by atomic mass is 9.94. The predicted octanol–water partition coefficient (Wildman–Crippen LogP) is 2.54. The van der Waals surface area contributed by atoms with Gasteiger partial charge in [0.15, 0.2) is 0 Å². The summed E-state index contributed by atoms with van der Waals surface area (Å²) < 4.78 is 7.81. The van der Waals surface area contributed by atoms with E-state index in [1.807, 2.05) is 24.0 Å². The lowest BCUT2D eigenvalue weighted by Gasteiger charge is -2.35. The summed E-state index contributed by atoms with van der Waals surface area (Å²) in [6.07, 6.45) is 7.95. The van der Waals surface area contributed by atoms with Gasteiger partial charge in [0.25, 0.3) is 0 Å². The van der Waals surface area contributed by atoms with Crippen LogP contribution in [-0.4, -0.2) is 64.0 Å². The van der Waals surface area contributed by atoms with Crippen molar-refractivity contribution in [1.82, 2.24) is 24.6 Å². The Bertz CT molecular complexity index is 746. The fourth-order valence-electron chi connectivity index (χ4n) is 3.75. The summed E-state index contributed by atoms with van der Waals surface area (Å²) in [6, 6.07) is 2.46. The minimum Gasteiger partial charge on any atom is -0.376 e. The summed E-state index contributed by atoms with van der Waals surface area (Å²) in [6.45, 7) is 5.99. The van der Waals surface area contributed by atoms with E-state index in [0.717, 1.165) is 37.6 Å². The Hall–Kier alpha value is -2.19. The molecular formula is C20H33N7O. The first-order valence-corrected chi connectivity index (χ1v) is 10.0. The average molecular weight is 388 g/mol. The number of likely N-dealkylation sites (N-methyl/N-ethyl adjacent to an activating group) is 1. The van der Waals surface area contributed by atoms with Gasteiger partial charge in [-0.25, -0.2) is 9.97 Å². The second-order valence-corrected chi connectivity index (χ2v) is 8.07. The molecule has 28 heavy (non-hydrogen) atoms. The van der Waals surface area contributed by atoms with Crippen LogP contribution in [0.25, 0.3) is 0 Å². The minimum absolute atomic E-state index is 0.206. The van der Waals surface area contributed by atoms with Crippen LogP contribution in [0.15, 0.2) is 24.8 Å². The molecule has 1 aliphatic heterocycles. The third-order valence-electron chi connectivity index (χ3n) is 5.23. The lowest BCUT2D eigenvalue weighted by molar-refractivity contribution is -0.0203. The molecule has 0 unspecified atom stereocenters. The Balaban J connectivity index is 1.64. The number of ether oxygens (including phenoxy) is 1. The average Bonchev–Trinajstić information content (AvgIpc) is 3.08. The Morgan fingerprint density at radius 2 is 2.07 bits per heavy atom. The van der Waals surface area contributed by atoms with Gasteiger partial charge < -0.3 is 20.3 Å². The van der Waals surface area contributed by atoms with Gasteiger partial charge in [0.1, 0.15) is 18.0 Å². The third-order valence-corrected chi connectivity index (χ3v) is 5.23. The third kappa shape index (κ3) is 5.20. The summed E-state index contributed by atoms with van der Waals surface area (Å²) in [7, 11) is 6.08. The van der Waals surface area contributed by atoms with Crippen LogP contribution in [0.2, 0.25) is 0 Å². The van der Waals surface area contributed by atoms with Crippen LogP contribution < -0.4 is 10.6 Å². The van der Waals surface area contributed by atoms with Gasteiger partial charge in [-0.3, -0.25) is 4.68 Å². The van der Waals surface area contributed by atoms with Gasteiger partial charge in [0.05, 0.1) is 24.4 Å². The Morgan fingerprint density at radius 3 is 2.75 bits per heavy atom. The van der Waals surface area contributed by atoms with Crippen LogP contribution in [0, 0.1) is 5.92 Å². The van der Waals surface area contributed by atoms with Crippen molar-refractivity contribution in [2.24, 2.45) is 13.0 Å². The molecule has 0 spiro atoms. The smallest absolute Gasteiger partial charge is 0.131 e. The molecule has 0 aliphatic carbocycles. The summed E-state index contributed by atoms with van der Waals surface area (Å²) in [5.41, 5.74) is 1.17. The van der Waals surface area contributed by atoms with E-state index in [-0.39, 0.29) is 18.2 Å². The van der Waals surface area contributed by atoms with E-state index >= 15 is 0 Å². The maximum atomic E-state index is 5.98. The molecule has 0 bridgehead atoms. The molecule has 2 N–H and O–H groups in total. The first-order valence-electron chi connectivity index (χ1n) is 10.0. The summed E-state index contributed by atoms with van der Waals surface area (Å²) in [4.78, 5) is 11.0. The van der Waals surface area contributed by atoms with Gasteiger partial charge >= 0.3 is 0 Å². The van der Waals surface area contributed by atoms with E-state index in [9.17, 15) is 0 Å². The second kappa shape index (κ2) is 9.34. The fraction of sp³-hybridized carbons (Fsp3) is 0.650. The highest BCUT2D eigenvalue weighted by atomic mass is 16.5. The first kappa shape index (κ1) is 20.5. The Kier molecular flexibility index (Phi) is 6.85. The van der Waals surface area contributed by atoms with Crippen LogP contribution in [0.1, 0.15) is 38.3 Å². The van der Waals surface area contributed by atoms with Crippen LogP contribution in [0.5, 0.6) is 0 Å². The molecule has 2 aromatic heterocycles. The van der Waals surface area contributed by atoms with Crippen LogP contribution in [0.4, 0.5) is 11.6 Å². The van der Waals surface area contributed by atoms with E-state index in [2.05, 4.69) is 64.7 Å². The number of aromatic nitrogens is 4. The van der Waals surface area contributed by atoms with Crippen molar-refractivity contribution in [2.75, 3.05) is 37.9 Å². The van der Waals surface area contributed by atoms with E-state index < -0.39 is 0 Å². The van der Waals surface area contributed by atoms with Crippen molar-refractivity contribution in [2.45, 2.75) is 44.9 Å². The van der Waals surface area contributed by atoms with Crippen molar-refractivity contribution in [3.05, 3.63) is 30.4 Å². The number of nitrogens with one attached hydrogen (secondary N) is 2. The molecule has 3 rings (SSSR count). The highest BCUT2D eigenvalue weighted by Gasteiger charge is 2.28. The highest BCUT2D eigenvalue weighted by molar-refractivity contribution is 5.47. The van der Waals surface area contributed by atoms with E-state index in [0.29, 0.717) is 5.92 Å². The largest absolute Gasteiger partial charge is 0.376 e. The molecule has 0 saturated carbocycles. The Morgan fingerprint density at radius 1 is 1.29 bits per heavy atom. The molecule has 1 fully saturated rings. The fourth-order valence-corrected chi connectivity index (χ4v) is 3.75. The molecule has 0 amide bonds. The molecule has 3 atom stereocenters. The molecular weight excluding hydrogens is 354 g/mol. The van der Waals surface area contributed by atoms with E-state index in [1.165, 1.54) is 5.56 Å². The van der Waals surface area contributed by atoms with Crippen LogP contribution in [0.3, 0.4) is 0 Å². The Labute approximate surface area is 167 Å². The van der Waals surface area contributed by atoms with Crippen LogP contribution >= 0.6 is 0 Å². The maximum absolute atomic E-state index is 5.98. The summed E-state index contributed by atoms with van der Waals surface area (Å²) in [5, 5.41) is 11.3. The van der Waals surface area contributed by atoms with Crippen LogP contribution in [-0.2, 0) is 11.8 Å². The highest BCUT2D eigenvalue weighted by Crippen LogP contribution is 2.24. The number of hydrogen-bond acceptors (Lipinski definition) is 7. The van der Waals surface area contributed by atoms with Crippen molar-refractivity contribution in [1.29, 1.82) is 0 Å². The minimum atomic E-state index is 0.206. The monoisotopic (exact) mass is 387 g/mol. The molecule has 1 aliphatic rings. The quantitative estimate of drug-likeness (QED) is 0.720. The zero-order chi connectivity index (χ0) is 20.1. The van der Waals surface area contributed by atoms with Crippen molar-refractivity contribution < 1.29 is 4.74 Å². The van der Waals surface area contributed by atoms with Gasteiger partial charge in [-0.15, -0.1) is 0 Å². The van der Waals surface area contributed by atoms with E-state index in [4.69, 9.17) is 4.74 Å². The molecule has 8 nitrogen and oxygen atoms in total. The molecule has 0 aromatic carbocycles. The molecule has 2 aromatic rings. The number of hydrogen-bond donors (Lipinski definition) is 2. The SMILES string of the molecule is CC(C)[C@@H]1OCCC[C@H]1Nc1cc(NC[C@H](c2cnn(C)c2)N(C)C)ncn1. The van der Waals surface area contributed by atoms with E-state index in [1.54, 1.807) is 6.33 Å². The summed E-state index contributed by atoms with van der Waals surface area (Å²) in [5.74, 6) is 2.12. The number of nitrogens with zero attached hydrogens (tertiary/aromatic N) is 5. The molecule has 1 saturated heterocycles. The maximum Gasteiger partial charge on any atom is 0.131 e. The van der Waals surface area contributed by atoms with Gasteiger partial charge in [-0.1, -0.05) is 13.8 Å². The standard InChI is InChI=1S/C20H33N7O/c1-14(2)20-16(7-6-8-28-20)25-19-9-18(22-13-23-19)21-11-17(26(3)4)15-10-24-27(5)12-15/h9-10,12-14,16-17,20H,6-8,11H2,1-5H3,(H2,21,22,23,25)/t16-,17-,20+/m1/s1. The van der Waals surface area contributed by atoms with Crippen molar-refractivity contribution in [3.63, 3.8) is 0 Å². The summed E-state index contributed by atoms with van der Waals surface area (Å²) >= 11 is 0. The van der Waals surface area contributed by atoms with Crippen molar-refractivity contribution in [3.8, 4) is 0 Å². The topological polar surface area (TPSA) is 80.1 Å². The predicted molar refractivity (Wildman–Crippen MR) is 111 cm³/mol. The van der Waals surface area contributed by atoms with Crippen molar-refractivity contribution >= 4 is 11.6 Å².